The number of aromatic nitrogens is 2. The van der Waals surface area contributed by atoms with Crippen molar-refractivity contribution in [3.63, 3.8) is 0 Å². The second-order valence-electron chi connectivity index (χ2n) is 7.42. The average Bonchev–Trinajstić information content (AvgIpc) is 3.52. The lowest BCUT2D eigenvalue weighted by Crippen LogP contribution is -2.29. The summed E-state index contributed by atoms with van der Waals surface area (Å²) in [7, 11) is 0. The summed E-state index contributed by atoms with van der Waals surface area (Å²) in [5.74, 6) is 1.05. The van der Waals surface area contributed by atoms with Crippen LogP contribution in [0.4, 0.5) is 11.4 Å². The molecule has 0 unspecified atom stereocenters. The average molecular weight is 463 g/mol. The number of hydrogen-bond donors (Lipinski definition) is 1. The second-order valence-corrected chi connectivity index (χ2v) is 9.28. The zero-order valence-corrected chi connectivity index (χ0v) is 19.0. The largest absolute Gasteiger partial charge is 0.356 e. The van der Waals surface area contributed by atoms with E-state index in [9.17, 15) is 4.79 Å². The number of aryl methyl sites for hydroxylation is 1. The van der Waals surface area contributed by atoms with E-state index >= 15 is 0 Å². The van der Waals surface area contributed by atoms with E-state index < -0.39 is 0 Å². The van der Waals surface area contributed by atoms with Crippen LogP contribution in [0.15, 0.2) is 79.7 Å². The van der Waals surface area contributed by atoms with Crippen molar-refractivity contribution in [3.8, 4) is 11.4 Å². The molecule has 3 heterocycles. The molecule has 2 aromatic heterocycles. The van der Waals surface area contributed by atoms with Crippen molar-refractivity contribution >= 4 is 40.4 Å². The summed E-state index contributed by atoms with van der Waals surface area (Å²) in [6.45, 7) is 1.46. The highest BCUT2D eigenvalue weighted by Crippen LogP contribution is 2.47. The van der Waals surface area contributed by atoms with E-state index in [-0.39, 0.29) is 5.91 Å². The highest BCUT2D eigenvalue weighted by molar-refractivity contribution is 7.99. The number of nitrogens with one attached hydrogen (secondary N) is 1. The first-order valence-corrected chi connectivity index (χ1v) is 12.3. The fourth-order valence-corrected chi connectivity index (χ4v) is 5.39. The van der Waals surface area contributed by atoms with Crippen LogP contribution in [-0.2, 0) is 11.2 Å². The summed E-state index contributed by atoms with van der Waals surface area (Å²) in [5.41, 5.74) is 3.38. The van der Waals surface area contributed by atoms with Crippen LogP contribution in [-0.4, -0.2) is 29.1 Å². The number of carbonyl (C=O) groups is 1. The number of anilines is 2. The molecule has 6 nitrogen and oxygen atoms in total. The zero-order chi connectivity index (χ0) is 21.8. The molecule has 1 amide bonds. The number of benzene rings is 2. The molecule has 162 valence electrons. The van der Waals surface area contributed by atoms with Crippen LogP contribution < -0.4 is 10.2 Å². The Hall–Kier alpha value is -3.10. The molecule has 0 bridgehead atoms. The van der Waals surface area contributed by atoms with Gasteiger partial charge in [0, 0.05) is 46.7 Å². The van der Waals surface area contributed by atoms with Crippen LogP contribution in [0, 0.1) is 0 Å². The summed E-state index contributed by atoms with van der Waals surface area (Å²) in [6, 6.07) is 18.9. The van der Waals surface area contributed by atoms with Gasteiger partial charge < -0.3 is 14.7 Å². The Labute approximate surface area is 194 Å². The molecular formula is C24H22N4O2S2. The van der Waals surface area contributed by atoms with Crippen molar-refractivity contribution < 1.29 is 9.32 Å². The van der Waals surface area contributed by atoms with E-state index in [2.05, 4.69) is 68.9 Å². The van der Waals surface area contributed by atoms with Gasteiger partial charge in [-0.15, -0.1) is 0 Å². The molecule has 0 spiro atoms. The zero-order valence-electron chi connectivity index (χ0n) is 17.4. The SMILES string of the molecule is O=C(CCc1nc(-c2ccsc2)no1)NCCCN1c2ccccc2Sc2ccccc21. The van der Waals surface area contributed by atoms with Crippen LogP contribution in [0.5, 0.6) is 0 Å². The van der Waals surface area contributed by atoms with Crippen LogP contribution in [0.1, 0.15) is 18.7 Å². The molecule has 1 N–H and O–H groups in total. The van der Waals surface area contributed by atoms with Crippen molar-refractivity contribution in [2.45, 2.75) is 29.1 Å². The summed E-state index contributed by atoms with van der Waals surface area (Å²) in [5, 5.41) is 10.9. The maximum Gasteiger partial charge on any atom is 0.227 e. The van der Waals surface area contributed by atoms with Gasteiger partial charge in [-0.2, -0.15) is 16.3 Å². The van der Waals surface area contributed by atoms with Crippen LogP contribution >= 0.6 is 23.1 Å². The number of para-hydroxylation sites is 2. The topological polar surface area (TPSA) is 71.3 Å². The number of thiophene rings is 1. The fraction of sp³-hybridized carbons (Fsp3) is 0.208. The van der Waals surface area contributed by atoms with Crippen molar-refractivity contribution in [2.24, 2.45) is 0 Å². The summed E-state index contributed by atoms with van der Waals surface area (Å²) >= 11 is 3.39. The van der Waals surface area contributed by atoms with Crippen LogP contribution in [0.3, 0.4) is 0 Å². The quantitative estimate of drug-likeness (QED) is 0.347. The molecule has 0 radical (unpaired) electrons. The van der Waals surface area contributed by atoms with E-state index in [1.807, 2.05) is 16.8 Å². The standard InChI is InChI=1S/C24H22N4O2S2/c29-22(10-11-23-26-24(27-30-23)17-12-15-31-16-17)25-13-5-14-28-18-6-1-3-8-20(18)32-21-9-4-2-7-19(21)28/h1-4,6-9,12,15-16H,5,10-11,13-14H2,(H,25,29). The van der Waals surface area contributed by atoms with Crippen LogP contribution in [0.2, 0.25) is 0 Å². The third-order valence-electron chi connectivity index (χ3n) is 5.23. The van der Waals surface area contributed by atoms with E-state index in [4.69, 9.17) is 4.52 Å². The van der Waals surface area contributed by atoms with Gasteiger partial charge >= 0.3 is 0 Å². The predicted molar refractivity (Wildman–Crippen MR) is 128 cm³/mol. The highest BCUT2D eigenvalue weighted by atomic mass is 32.2. The van der Waals surface area contributed by atoms with Crippen molar-refractivity contribution in [1.29, 1.82) is 0 Å². The first-order valence-electron chi connectivity index (χ1n) is 10.5. The Bertz CT molecular complexity index is 1160. The fourth-order valence-electron chi connectivity index (χ4n) is 3.66. The van der Waals surface area contributed by atoms with Gasteiger partial charge in [-0.1, -0.05) is 41.2 Å². The van der Waals surface area contributed by atoms with Gasteiger partial charge in [0.25, 0.3) is 0 Å². The van der Waals surface area contributed by atoms with E-state index in [1.54, 1.807) is 23.1 Å². The third-order valence-corrected chi connectivity index (χ3v) is 7.04. The molecule has 32 heavy (non-hydrogen) atoms. The van der Waals surface area contributed by atoms with Gasteiger partial charge in [0.05, 0.1) is 11.4 Å². The molecule has 0 saturated carbocycles. The molecule has 0 saturated heterocycles. The van der Waals surface area contributed by atoms with Crippen molar-refractivity contribution in [3.05, 3.63) is 71.2 Å². The number of rotatable bonds is 8. The molecular weight excluding hydrogens is 440 g/mol. The molecule has 0 atom stereocenters. The van der Waals surface area contributed by atoms with Gasteiger partial charge in [0.2, 0.25) is 17.6 Å². The normalized spacial score (nSPS) is 12.3. The van der Waals surface area contributed by atoms with Gasteiger partial charge in [-0.3, -0.25) is 4.79 Å². The monoisotopic (exact) mass is 462 g/mol. The van der Waals surface area contributed by atoms with Gasteiger partial charge in [0.1, 0.15) is 0 Å². The van der Waals surface area contributed by atoms with Crippen LogP contribution in [0.25, 0.3) is 11.4 Å². The maximum atomic E-state index is 12.3. The minimum atomic E-state index is -0.00437. The summed E-state index contributed by atoms with van der Waals surface area (Å²) in [4.78, 5) is 21.5. The van der Waals surface area contributed by atoms with E-state index in [0.717, 1.165) is 18.5 Å². The Morgan fingerprint density at radius 1 is 1.03 bits per heavy atom. The predicted octanol–water partition coefficient (Wildman–Crippen LogP) is 5.54. The Morgan fingerprint density at radius 2 is 1.78 bits per heavy atom. The van der Waals surface area contributed by atoms with E-state index in [1.165, 1.54) is 21.2 Å². The molecule has 0 fully saturated rings. The number of hydrogen-bond acceptors (Lipinski definition) is 7. The first-order chi connectivity index (χ1) is 15.8. The number of carbonyl (C=O) groups excluding carboxylic acids is 1. The second kappa shape index (κ2) is 9.58. The maximum absolute atomic E-state index is 12.3. The molecule has 1 aliphatic rings. The minimum absolute atomic E-state index is 0.00437. The Kier molecular flexibility index (Phi) is 6.22. The molecule has 0 aliphatic carbocycles. The molecule has 5 rings (SSSR count). The number of fused-ring (bicyclic) bond motifs is 2. The Morgan fingerprint density at radius 3 is 2.50 bits per heavy atom. The van der Waals surface area contributed by atoms with Gasteiger partial charge in [-0.05, 0) is 42.1 Å². The number of amides is 1. The first kappa shape index (κ1) is 20.8. The lowest BCUT2D eigenvalue weighted by Gasteiger charge is -2.32. The van der Waals surface area contributed by atoms with Crippen molar-refractivity contribution in [2.75, 3.05) is 18.0 Å². The molecule has 1 aliphatic heterocycles. The molecule has 2 aromatic carbocycles. The van der Waals surface area contributed by atoms with E-state index in [0.29, 0.717) is 31.1 Å². The molecule has 8 heteroatoms. The molecule has 4 aromatic rings. The smallest absolute Gasteiger partial charge is 0.227 e. The van der Waals surface area contributed by atoms with Crippen molar-refractivity contribution in [1.82, 2.24) is 15.5 Å². The summed E-state index contributed by atoms with van der Waals surface area (Å²) in [6.07, 6.45) is 1.62. The minimum Gasteiger partial charge on any atom is -0.356 e. The third kappa shape index (κ3) is 4.56. The summed E-state index contributed by atoms with van der Waals surface area (Å²) < 4.78 is 5.27. The Balaban J connectivity index is 1.11. The lowest BCUT2D eigenvalue weighted by atomic mass is 10.2. The highest BCUT2D eigenvalue weighted by Gasteiger charge is 2.22. The van der Waals surface area contributed by atoms with Gasteiger partial charge in [-0.25, -0.2) is 0 Å². The lowest BCUT2D eigenvalue weighted by molar-refractivity contribution is -0.121. The van der Waals surface area contributed by atoms with Gasteiger partial charge in [0.15, 0.2) is 0 Å². The number of nitrogens with zero attached hydrogens (tertiary/aromatic N) is 3.